The van der Waals surface area contributed by atoms with Crippen LogP contribution >= 0.6 is 0 Å². The maximum atomic E-state index is 8.95. The molecule has 2 aromatic rings. The third kappa shape index (κ3) is 3.05. The van der Waals surface area contributed by atoms with Gasteiger partial charge in [0.25, 0.3) is 0 Å². The van der Waals surface area contributed by atoms with Gasteiger partial charge in [0.2, 0.25) is 0 Å². The van der Waals surface area contributed by atoms with Crippen molar-refractivity contribution in [1.82, 2.24) is 0 Å². The Bertz CT molecular complexity index is 607. The van der Waals surface area contributed by atoms with Crippen LogP contribution in [0.1, 0.15) is 30.9 Å². The number of rotatable bonds is 3. The molecule has 0 fully saturated rings. The van der Waals surface area contributed by atoms with Crippen LogP contribution in [0.4, 0.5) is 17.1 Å². The van der Waals surface area contributed by atoms with E-state index in [4.69, 9.17) is 11.0 Å². The first-order valence-electron chi connectivity index (χ1n) is 6.27. The zero-order valence-electron chi connectivity index (χ0n) is 11.1. The minimum Gasteiger partial charge on any atom is -0.398 e. The van der Waals surface area contributed by atoms with Gasteiger partial charge < -0.3 is 11.1 Å². The first-order valence-corrected chi connectivity index (χ1v) is 6.27. The standard InChI is InChI=1S/C16H17N3/c1-11(2)12-3-5-14(6-4-12)19-15-7-8-16(18)13(9-15)10-17/h3-9,11,19H,18H2,1-2H3. The minimum atomic E-state index is 0.490. The van der Waals surface area contributed by atoms with Gasteiger partial charge in [-0.05, 0) is 41.8 Å². The minimum absolute atomic E-state index is 0.490. The second kappa shape index (κ2) is 5.45. The maximum Gasteiger partial charge on any atom is 0.101 e. The molecule has 0 aliphatic rings. The van der Waals surface area contributed by atoms with Crippen LogP contribution in [0, 0.1) is 11.3 Å². The van der Waals surface area contributed by atoms with Crippen LogP contribution < -0.4 is 11.1 Å². The van der Waals surface area contributed by atoms with E-state index in [0.29, 0.717) is 17.2 Å². The first kappa shape index (κ1) is 13.0. The van der Waals surface area contributed by atoms with Gasteiger partial charge in [0.15, 0.2) is 0 Å². The molecule has 0 heterocycles. The molecule has 3 heteroatoms. The molecule has 0 spiro atoms. The normalized spacial score (nSPS) is 10.2. The molecule has 3 nitrogen and oxygen atoms in total. The van der Waals surface area contributed by atoms with Crippen molar-refractivity contribution in [3.63, 3.8) is 0 Å². The molecule has 96 valence electrons. The van der Waals surface area contributed by atoms with Crippen molar-refractivity contribution < 1.29 is 0 Å². The van der Waals surface area contributed by atoms with Crippen molar-refractivity contribution in [1.29, 1.82) is 5.26 Å². The van der Waals surface area contributed by atoms with Gasteiger partial charge in [-0.25, -0.2) is 0 Å². The molecule has 0 amide bonds. The molecular formula is C16H17N3. The van der Waals surface area contributed by atoms with Crippen molar-refractivity contribution >= 4 is 17.1 Å². The Morgan fingerprint density at radius 2 is 1.68 bits per heavy atom. The lowest BCUT2D eigenvalue weighted by molar-refractivity contribution is 0.867. The predicted octanol–water partition coefficient (Wildman–Crippen LogP) is 4.01. The number of anilines is 3. The lowest BCUT2D eigenvalue weighted by Crippen LogP contribution is -1.95. The molecule has 0 aliphatic heterocycles. The summed E-state index contributed by atoms with van der Waals surface area (Å²) >= 11 is 0. The van der Waals surface area contributed by atoms with E-state index in [1.165, 1.54) is 5.56 Å². The molecule has 0 aliphatic carbocycles. The second-order valence-corrected chi connectivity index (χ2v) is 4.82. The lowest BCUT2D eigenvalue weighted by Gasteiger charge is -2.10. The van der Waals surface area contributed by atoms with E-state index in [1.54, 1.807) is 12.1 Å². The second-order valence-electron chi connectivity index (χ2n) is 4.82. The Morgan fingerprint density at radius 1 is 1.05 bits per heavy atom. The predicted molar refractivity (Wildman–Crippen MR) is 79.4 cm³/mol. The average molecular weight is 251 g/mol. The van der Waals surface area contributed by atoms with E-state index in [2.05, 4.69) is 37.4 Å². The van der Waals surface area contributed by atoms with Crippen molar-refractivity contribution in [3.05, 3.63) is 53.6 Å². The van der Waals surface area contributed by atoms with E-state index in [1.807, 2.05) is 18.2 Å². The number of benzene rings is 2. The fourth-order valence-electron chi connectivity index (χ4n) is 1.85. The Hall–Kier alpha value is -2.47. The summed E-state index contributed by atoms with van der Waals surface area (Å²) in [6.45, 7) is 4.34. The molecule has 3 N–H and O–H groups in total. The van der Waals surface area contributed by atoms with Crippen LogP contribution in [0.3, 0.4) is 0 Å². The number of nitriles is 1. The van der Waals surface area contributed by atoms with E-state index in [-0.39, 0.29) is 0 Å². The van der Waals surface area contributed by atoms with Crippen molar-refractivity contribution in [2.24, 2.45) is 0 Å². The van der Waals surface area contributed by atoms with Gasteiger partial charge >= 0.3 is 0 Å². The monoisotopic (exact) mass is 251 g/mol. The first-order chi connectivity index (χ1) is 9.10. The van der Waals surface area contributed by atoms with Gasteiger partial charge in [0.05, 0.1) is 5.56 Å². The van der Waals surface area contributed by atoms with E-state index in [0.717, 1.165) is 11.4 Å². The van der Waals surface area contributed by atoms with Crippen molar-refractivity contribution in [2.75, 3.05) is 11.1 Å². The highest BCUT2D eigenvalue weighted by molar-refractivity contribution is 5.67. The molecule has 0 unspecified atom stereocenters. The zero-order chi connectivity index (χ0) is 13.8. The highest BCUT2D eigenvalue weighted by Crippen LogP contribution is 2.23. The van der Waals surface area contributed by atoms with Crippen molar-refractivity contribution in [2.45, 2.75) is 19.8 Å². The van der Waals surface area contributed by atoms with Gasteiger partial charge in [-0.2, -0.15) is 5.26 Å². The smallest absolute Gasteiger partial charge is 0.101 e. The number of nitrogens with two attached hydrogens (primary N) is 1. The summed E-state index contributed by atoms with van der Waals surface area (Å²) in [6.07, 6.45) is 0. The summed E-state index contributed by atoms with van der Waals surface area (Å²) < 4.78 is 0. The Morgan fingerprint density at radius 3 is 2.26 bits per heavy atom. The topological polar surface area (TPSA) is 61.8 Å². The van der Waals surface area contributed by atoms with Crippen LogP contribution in [0.2, 0.25) is 0 Å². The van der Waals surface area contributed by atoms with E-state index >= 15 is 0 Å². The van der Waals surface area contributed by atoms with Gasteiger partial charge in [0.1, 0.15) is 6.07 Å². The summed E-state index contributed by atoms with van der Waals surface area (Å²) in [7, 11) is 0. The van der Waals surface area contributed by atoms with Gasteiger partial charge in [-0.3, -0.25) is 0 Å². The fourth-order valence-corrected chi connectivity index (χ4v) is 1.85. The van der Waals surface area contributed by atoms with Gasteiger partial charge in [-0.15, -0.1) is 0 Å². The molecule has 0 saturated heterocycles. The summed E-state index contributed by atoms with van der Waals surface area (Å²) in [5.41, 5.74) is 9.86. The fraction of sp³-hybridized carbons (Fsp3) is 0.188. The molecule has 0 radical (unpaired) electrons. The number of nitrogen functional groups attached to an aromatic ring is 1. The van der Waals surface area contributed by atoms with Crippen molar-refractivity contribution in [3.8, 4) is 6.07 Å². The molecule has 19 heavy (non-hydrogen) atoms. The van der Waals surface area contributed by atoms with Crippen LogP contribution in [-0.2, 0) is 0 Å². The average Bonchev–Trinajstić information content (AvgIpc) is 2.41. The maximum absolute atomic E-state index is 8.95. The van der Waals surface area contributed by atoms with E-state index in [9.17, 15) is 0 Å². The quantitative estimate of drug-likeness (QED) is 0.810. The lowest BCUT2D eigenvalue weighted by atomic mass is 10.0. The number of hydrogen-bond acceptors (Lipinski definition) is 3. The number of nitrogens with zero attached hydrogens (tertiary/aromatic N) is 1. The Kier molecular flexibility index (Phi) is 3.72. The molecule has 2 rings (SSSR count). The van der Waals surface area contributed by atoms with Crippen LogP contribution in [0.25, 0.3) is 0 Å². The highest BCUT2D eigenvalue weighted by atomic mass is 14.9. The molecule has 0 bridgehead atoms. The van der Waals surface area contributed by atoms with Gasteiger partial charge in [0, 0.05) is 17.1 Å². The Labute approximate surface area is 113 Å². The largest absolute Gasteiger partial charge is 0.398 e. The Balaban J connectivity index is 2.19. The SMILES string of the molecule is CC(C)c1ccc(Nc2ccc(N)c(C#N)c2)cc1. The number of nitrogens with one attached hydrogen (secondary N) is 1. The molecule has 0 saturated carbocycles. The van der Waals surface area contributed by atoms with Gasteiger partial charge in [-0.1, -0.05) is 26.0 Å². The van der Waals surface area contributed by atoms with E-state index < -0.39 is 0 Å². The molecule has 2 aromatic carbocycles. The third-order valence-electron chi connectivity index (χ3n) is 3.04. The highest BCUT2D eigenvalue weighted by Gasteiger charge is 2.02. The zero-order valence-corrected chi connectivity index (χ0v) is 11.1. The summed E-state index contributed by atoms with van der Waals surface area (Å²) in [4.78, 5) is 0. The molecule has 0 atom stereocenters. The van der Waals surface area contributed by atoms with Crippen LogP contribution in [-0.4, -0.2) is 0 Å². The summed E-state index contributed by atoms with van der Waals surface area (Å²) in [5, 5.41) is 12.2. The number of hydrogen-bond donors (Lipinski definition) is 2. The summed E-state index contributed by atoms with van der Waals surface area (Å²) in [6, 6.07) is 15.7. The van der Waals surface area contributed by atoms with Crippen LogP contribution in [0.15, 0.2) is 42.5 Å². The molecule has 0 aromatic heterocycles. The summed E-state index contributed by atoms with van der Waals surface area (Å²) in [5.74, 6) is 0.524. The molecular weight excluding hydrogens is 234 g/mol. The third-order valence-corrected chi connectivity index (χ3v) is 3.04. The van der Waals surface area contributed by atoms with Crippen LogP contribution in [0.5, 0.6) is 0 Å².